The van der Waals surface area contributed by atoms with Gasteiger partial charge in [-0.3, -0.25) is 0 Å². The third-order valence-corrected chi connectivity index (χ3v) is 1.58. The Hall–Kier alpha value is -1.25. The Kier molecular flexibility index (Phi) is 2.53. The minimum absolute atomic E-state index is 0.389. The van der Waals surface area contributed by atoms with Crippen molar-refractivity contribution < 1.29 is 0 Å². The Morgan fingerprint density at radius 2 is 2.17 bits per heavy atom. The molecule has 1 heterocycles. The van der Waals surface area contributed by atoms with Crippen molar-refractivity contribution in [3.05, 3.63) is 17.8 Å². The first-order chi connectivity index (χ1) is 5.59. The van der Waals surface area contributed by atoms with Crippen molar-refractivity contribution in [2.75, 3.05) is 11.1 Å². The van der Waals surface area contributed by atoms with E-state index >= 15 is 0 Å². The van der Waals surface area contributed by atoms with Gasteiger partial charge in [0.25, 0.3) is 0 Å². The van der Waals surface area contributed by atoms with Crippen molar-refractivity contribution in [1.29, 1.82) is 0 Å². The van der Waals surface area contributed by atoms with E-state index in [0.29, 0.717) is 6.04 Å². The van der Waals surface area contributed by atoms with Crippen molar-refractivity contribution in [1.82, 2.24) is 4.98 Å². The van der Waals surface area contributed by atoms with Crippen LogP contribution in [0.2, 0.25) is 0 Å². The quantitative estimate of drug-likeness (QED) is 0.702. The van der Waals surface area contributed by atoms with Gasteiger partial charge in [0.1, 0.15) is 5.82 Å². The van der Waals surface area contributed by atoms with Crippen LogP contribution in [0.5, 0.6) is 0 Å². The highest BCUT2D eigenvalue weighted by Crippen LogP contribution is 2.13. The van der Waals surface area contributed by atoms with Crippen molar-refractivity contribution in [2.45, 2.75) is 26.8 Å². The van der Waals surface area contributed by atoms with Crippen LogP contribution >= 0.6 is 0 Å². The first-order valence-electron chi connectivity index (χ1n) is 4.08. The van der Waals surface area contributed by atoms with Crippen LogP contribution in [0.15, 0.2) is 12.3 Å². The van der Waals surface area contributed by atoms with E-state index in [1.165, 1.54) is 0 Å². The largest absolute Gasteiger partial charge is 0.398 e. The van der Waals surface area contributed by atoms with Gasteiger partial charge in [0, 0.05) is 24.0 Å². The molecule has 0 bridgehead atoms. The van der Waals surface area contributed by atoms with Crippen LogP contribution in [-0.4, -0.2) is 11.0 Å². The smallest absolute Gasteiger partial charge is 0.128 e. The van der Waals surface area contributed by atoms with E-state index in [-0.39, 0.29) is 0 Å². The maximum Gasteiger partial charge on any atom is 0.128 e. The Balaban J connectivity index is 2.82. The first-order valence-corrected chi connectivity index (χ1v) is 4.08. The topological polar surface area (TPSA) is 50.9 Å². The lowest BCUT2D eigenvalue weighted by molar-refractivity contribution is 0.889. The molecule has 0 saturated carbocycles. The summed E-state index contributed by atoms with van der Waals surface area (Å²) >= 11 is 0. The molecule has 66 valence electrons. The second-order valence-electron chi connectivity index (χ2n) is 3.23. The van der Waals surface area contributed by atoms with E-state index in [9.17, 15) is 0 Å². The number of aryl methyl sites for hydroxylation is 1. The molecule has 0 aromatic carbocycles. The summed E-state index contributed by atoms with van der Waals surface area (Å²) in [6.45, 7) is 6.08. The van der Waals surface area contributed by atoms with Gasteiger partial charge in [-0.1, -0.05) is 0 Å². The Morgan fingerprint density at radius 3 is 2.67 bits per heavy atom. The van der Waals surface area contributed by atoms with Gasteiger partial charge in [0.2, 0.25) is 0 Å². The van der Waals surface area contributed by atoms with E-state index in [2.05, 4.69) is 24.1 Å². The molecule has 0 saturated heterocycles. The average Bonchev–Trinajstić information content (AvgIpc) is 1.96. The van der Waals surface area contributed by atoms with Crippen LogP contribution in [-0.2, 0) is 0 Å². The van der Waals surface area contributed by atoms with E-state index < -0.39 is 0 Å². The lowest BCUT2D eigenvalue weighted by Crippen LogP contribution is -2.11. The van der Waals surface area contributed by atoms with Crippen molar-refractivity contribution in [2.24, 2.45) is 0 Å². The summed E-state index contributed by atoms with van der Waals surface area (Å²) in [7, 11) is 0. The minimum atomic E-state index is 0.389. The van der Waals surface area contributed by atoms with Crippen LogP contribution < -0.4 is 11.1 Å². The normalized spacial score (nSPS) is 10.3. The van der Waals surface area contributed by atoms with E-state index in [1.54, 1.807) is 6.20 Å². The molecule has 0 amide bonds. The lowest BCUT2D eigenvalue weighted by atomic mass is 10.2. The molecule has 3 N–H and O–H groups in total. The standard InChI is InChI=1S/C9H15N3/c1-6(2)12-9-4-8(10)7(3)5-11-9/h4-6H,1-3H3,(H3,10,11,12). The van der Waals surface area contributed by atoms with Gasteiger partial charge < -0.3 is 11.1 Å². The molecule has 0 spiro atoms. The zero-order chi connectivity index (χ0) is 9.14. The van der Waals surface area contributed by atoms with Crippen molar-refractivity contribution >= 4 is 11.5 Å². The molecule has 0 atom stereocenters. The summed E-state index contributed by atoms with van der Waals surface area (Å²) in [6, 6.07) is 2.25. The van der Waals surface area contributed by atoms with Gasteiger partial charge >= 0.3 is 0 Å². The number of hydrogen-bond donors (Lipinski definition) is 2. The molecule has 0 aliphatic heterocycles. The zero-order valence-electron chi connectivity index (χ0n) is 7.76. The highest BCUT2D eigenvalue weighted by Gasteiger charge is 1.98. The number of hydrogen-bond acceptors (Lipinski definition) is 3. The number of nitrogens with one attached hydrogen (secondary N) is 1. The Morgan fingerprint density at radius 1 is 1.50 bits per heavy atom. The lowest BCUT2D eigenvalue weighted by Gasteiger charge is -2.09. The maximum atomic E-state index is 5.72. The molecule has 1 aromatic heterocycles. The van der Waals surface area contributed by atoms with Crippen molar-refractivity contribution in [3.63, 3.8) is 0 Å². The SMILES string of the molecule is Cc1cnc(NC(C)C)cc1N. The highest BCUT2D eigenvalue weighted by atomic mass is 15.0. The number of anilines is 2. The van der Waals surface area contributed by atoms with Crippen molar-refractivity contribution in [3.8, 4) is 0 Å². The third-order valence-electron chi connectivity index (χ3n) is 1.58. The molecule has 0 fully saturated rings. The van der Waals surface area contributed by atoms with E-state index in [1.807, 2.05) is 13.0 Å². The van der Waals surface area contributed by atoms with Gasteiger partial charge in [-0.2, -0.15) is 0 Å². The fourth-order valence-corrected chi connectivity index (χ4v) is 0.914. The number of pyridine rings is 1. The second kappa shape index (κ2) is 3.43. The third kappa shape index (κ3) is 2.12. The molecule has 0 radical (unpaired) electrons. The van der Waals surface area contributed by atoms with Gasteiger partial charge in [0.05, 0.1) is 0 Å². The average molecular weight is 165 g/mol. The zero-order valence-corrected chi connectivity index (χ0v) is 7.76. The maximum absolute atomic E-state index is 5.72. The second-order valence-corrected chi connectivity index (χ2v) is 3.23. The number of rotatable bonds is 2. The van der Waals surface area contributed by atoms with Crippen LogP contribution in [0.4, 0.5) is 11.5 Å². The molecular formula is C9H15N3. The molecule has 0 aliphatic rings. The monoisotopic (exact) mass is 165 g/mol. The fourth-order valence-electron chi connectivity index (χ4n) is 0.914. The fraction of sp³-hybridized carbons (Fsp3) is 0.444. The summed E-state index contributed by atoms with van der Waals surface area (Å²) in [5.74, 6) is 0.841. The van der Waals surface area contributed by atoms with Crippen LogP contribution in [0, 0.1) is 6.92 Å². The number of nitrogen functional groups attached to an aromatic ring is 1. The Labute approximate surface area is 73.0 Å². The molecule has 1 rings (SSSR count). The highest BCUT2D eigenvalue weighted by molar-refractivity contribution is 5.53. The van der Waals surface area contributed by atoms with E-state index in [0.717, 1.165) is 17.1 Å². The molecule has 0 unspecified atom stereocenters. The molecule has 0 aliphatic carbocycles. The van der Waals surface area contributed by atoms with Crippen LogP contribution in [0.1, 0.15) is 19.4 Å². The number of nitrogens with two attached hydrogens (primary N) is 1. The first kappa shape index (κ1) is 8.84. The molecule has 3 heteroatoms. The molecule has 1 aromatic rings. The predicted molar refractivity (Wildman–Crippen MR) is 52.1 cm³/mol. The minimum Gasteiger partial charge on any atom is -0.398 e. The Bertz CT molecular complexity index is 268. The summed E-state index contributed by atoms with van der Waals surface area (Å²) in [5.41, 5.74) is 7.52. The summed E-state index contributed by atoms with van der Waals surface area (Å²) in [6.07, 6.45) is 1.78. The predicted octanol–water partition coefficient (Wildman–Crippen LogP) is 1.79. The van der Waals surface area contributed by atoms with Gasteiger partial charge in [-0.25, -0.2) is 4.98 Å². The van der Waals surface area contributed by atoms with Gasteiger partial charge in [-0.15, -0.1) is 0 Å². The molecule has 3 nitrogen and oxygen atoms in total. The van der Waals surface area contributed by atoms with Crippen LogP contribution in [0.3, 0.4) is 0 Å². The van der Waals surface area contributed by atoms with Gasteiger partial charge in [0.15, 0.2) is 0 Å². The summed E-state index contributed by atoms with van der Waals surface area (Å²) in [4.78, 5) is 4.19. The van der Waals surface area contributed by atoms with E-state index in [4.69, 9.17) is 5.73 Å². The van der Waals surface area contributed by atoms with Gasteiger partial charge in [-0.05, 0) is 26.3 Å². The number of nitrogens with zero attached hydrogens (tertiary/aromatic N) is 1. The van der Waals surface area contributed by atoms with Crippen LogP contribution in [0.25, 0.3) is 0 Å². The number of aromatic nitrogens is 1. The molecule has 12 heavy (non-hydrogen) atoms. The summed E-state index contributed by atoms with van der Waals surface area (Å²) < 4.78 is 0. The molecular weight excluding hydrogens is 150 g/mol. The summed E-state index contributed by atoms with van der Waals surface area (Å²) in [5, 5.41) is 3.18.